The molecule has 2 heterocycles. The van der Waals surface area contributed by atoms with E-state index in [2.05, 4.69) is 10.3 Å². The maximum atomic E-state index is 12.0. The van der Waals surface area contributed by atoms with Gasteiger partial charge in [0.25, 0.3) is 5.91 Å². The number of hydrogen-bond acceptors (Lipinski definition) is 4. The number of carbonyl (C=O) groups is 1. The first-order chi connectivity index (χ1) is 9.76. The number of amides is 1. The Morgan fingerprint density at radius 3 is 2.90 bits per heavy atom. The molecule has 5 heteroatoms. The number of anilines is 1. The van der Waals surface area contributed by atoms with Gasteiger partial charge in [-0.05, 0) is 47.2 Å². The normalized spacial score (nSPS) is 10.2. The molecule has 20 heavy (non-hydrogen) atoms. The summed E-state index contributed by atoms with van der Waals surface area (Å²) in [6.07, 6.45) is 1.39. The first-order valence-electron chi connectivity index (χ1n) is 5.91. The average Bonchev–Trinajstić information content (AvgIpc) is 2.95. The standard InChI is InChI=1S/C15H9N3OS/c16-8-10-1-3-13(17-9-10)15(19)18-12-2-4-14-11(7-12)5-6-20-14/h1-7,9H,(H,18,19). The molecule has 0 radical (unpaired) electrons. The third-order valence-corrected chi connectivity index (χ3v) is 3.73. The van der Waals surface area contributed by atoms with Crippen LogP contribution in [0.4, 0.5) is 5.69 Å². The van der Waals surface area contributed by atoms with Gasteiger partial charge in [0, 0.05) is 16.6 Å². The molecule has 3 aromatic rings. The third kappa shape index (κ3) is 2.37. The molecule has 0 atom stereocenters. The zero-order valence-corrected chi connectivity index (χ0v) is 11.1. The molecule has 1 N–H and O–H groups in total. The first-order valence-corrected chi connectivity index (χ1v) is 6.79. The van der Waals surface area contributed by atoms with Crippen LogP contribution in [-0.4, -0.2) is 10.9 Å². The minimum Gasteiger partial charge on any atom is -0.321 e. The Bertz CT molecular complexity index is 815. The van der Waals surface area contributed by atoms with Gasteiger partial charge in [-0.3, -0.25) is 4.79 Å². The molecule has 1 amide bonds. The van der Waals surface area contributed by atoms with Crippen molar-refractivity contribution in [1.82, 2.24) is 4.98 Å². The lowest BCUT2D eigenvalue weighted by atomic mass is 10.2. The number of carbonyl (C=O) groups excluding carboxylic acids is 1. The number of hydrogen-bond donors (Lipinski definition) is 1. The van der Waals surface area contributed by atoms with Crippen LogP contribution in [0.25, 0.3) is 10.1 Å². The number of fused-ring (bicyclic) bond motifs is 1. The molecule has 96 valence electrons. The van der Waals surface area contributed by atoms with E-state index in [1.165, 1.54) is 17.0 Å². The zero-order valence-electron chi connectivity index (χ0n) is 10.3. The summed E-state index contributed by atoms with van der Waals surface area (Å²) in [6.45, 7) is 0. The minimum absolute atomic E-state index is 0.286. The Morgan fingerprint density at radius 2 is 2.15 bits per heavy atom. The smallest absolute Gasteiger partial charge is 0.274 e. The highest BCUT2D eigenvalue weighted by Gasteiger charge is 2.08. The average molecular weight is 279 g/mol. The summed E-state index contributed by atoms with van der Waals surface area (Å²) in [7, 11) is 0. The summed E-state index contributed by atoms with van der Waals surface area (Å²) in [4.78, 5) is 16.0. The van der Waals surface area contributed by atoms with E-state index in [0.717, 1.165) is 11.1 Å². The molecule has 2 aromatic heterocycles. The van der Waals surface area contributed by atoms with Crippen molar-refractivity contribution < 1.29 is 4.79 Å². The number of benzene rings is 1. The molecule has 0 bridgehead atoms. The van der Waals surface area contributed by atoms with E-state index in [9.17, 15) is 4.79 Å². The van der Waals surface area contributed by atoms with Gasteiger partial charge < -0.3 is 5.32 Å². The summed E-state index contributed by atoms with van der Waals surface area (Å²) in [5.41, 5.74) is 1.45. The molecule has 1 aromatic carbocycles. The second-order valence-corrected chi connectivity index (χ2v) is 5.12. The molecule has 0 aliphatic carbocycles. The second kappa shape index (κ2) is 5.11. The summed E-state index contributed by atoms with van der Waals surface area (Å²) in [5, 5.41) is 14.6. The summed E-state index contributed by atoms with van der Waals surface area (Å²) in [5.74, 6) is -0.288. The van der Waals surface area contributed by atoms with Crippen LogP contribution in [0.3, 0.4) is 0 Å². The fourth-order valence-electron chi connectivity index (χ4n) is 1.83. The Hall–Kier alpha value is -2.71. The molecular formula is C15H9N3OS. The quantitative estimate of drug-likeness (QED) is 0.781. The molecule has 0 spiro atoms. The van der Waals surface area contributed by atoms with E-state index in [-0.39, 0.29) is 11.6 Å². The van der Waals surface area contributed by atoms with Gasteiger partial charge in [0.2, 0.25) is 0 Å². The molecule has 0 aliphatic heterocycles. The van der Waals surface area contributed by atoms with Crippen molar-refractivity contribution in [2.45, 2.75) is 0 Å². The van der Waals surface area contributed by atoms with Crippen LogP contribution >= 0.6 is 11.3 Å². The van der Waals surface area contributed by atoms with Gasteiger partial charge in [0.15, 0.2) is 0 Å². The Morgan fingerprint density at radius 1 is 1.25 bits per heavy atom. The van der Waals surface area contributed by atoms with E-state index in [1.54, 1.807) is 17.4 Å². The van der Waals surface area contributed by atoms with Crippen molar-refractivity contribution >= 4 is 33.0 Å². The fraction of sp³-hybridized carbons (Fsp3) is 0. The van der Waals surface area contributed by atoms with Gasteiger partial charge >= 0.3 is 0 Å². The lowest BCUT2D eigenvalue weighted by Gasteiger charge is -2.04. The Labute approximate surface area is 119 Å². The monoisotopic (exact) mass is 279 g/mol. The molecule has 4 nitrogen and oxygen atoms in total. The van der Waals surface area contributed by atoms with Crippen LogP contribution < -0.4 is 5.32 Å². The van der Waals surface area contributed by atoms with Crippen molar-refractivity contribution in [1.29, 1.82) is 5.26 Å². The topological polar surface area (TPSA) is 65.8 Å². The number of nitrogens with one attached hydrogen (secondary N) is 1. The lowest BCUT2D eigenvalue weighted by Crippen LogP contribution is -2.13. The van der Waals surface area contributed by atoms with Crippen LogP contribution in [-0.2, 0) is 0 Å². The van der Waals surface area contributed by atoms with Crippen molar-refractivity contribution in [2.75, 3.05) is 5.32 Å². The number of rotatable bonds is 2. The molecule has 0 aliphatic rings. The van der Waals surface area contributed by atoms with Crippen LogP contribution in [0.15, 0.2) is 48.0 Å². The number of pyridine rings is 1. The highest BCUT2D eigenvalue weighted by Crippen LogP contribution is 2.24. The van der Waals surface area contributed by atoms with Crippen molar-refractivity contribution in [3.63, 3.8) is 0 Å². The molecule has 0 saturated heterocycles. The Balaban J connectivity index is 1.82. The minimum atomic E-state index is -0.288. The number of aromatic nitrogens is 1. The van der Waals surface area contributed by atoms with Crippen LogP contribution in [0.2, 0.25) is 0 Å². The van der Waals surface area contributed by atoms with Crippen LogP contribution in [0.5, 0.6) is 0 Å². The lowest BCUT2D eigenvalue weighted by molar-refractivity contribution is 0.102. The highest BCUT2D eigenvalue weighted by atomic mass is 32.1. The van der Waals surface area contributed by atoms with Crippen LogP contribution in [0.1, 0.15) is 16.1 Å². The van der Waals surface area contributed by atoms with Crippen molar-refractivity contribution in [2.24, 2.45) is 0 Å². The molecule has 0 fully saturated rings. The van der Waals surface area contributed by atoms with Gasteiger partial charge in [-0.1, -0.05) is 0 Å². The number of thiophene rings is 1. The molecule has 3 rings (SSSR count). The van der Waals surface area contributed by atoms with Crippen molar-refractivity contribution in [3.8, 4) is 6.07 Å². The van der Waals surface area contributed by atoms with E-state index >= 15 is 0 Å². The number of nitriles is 1. The summed E-state index contributed by atoms with van der Waals surface area (Å²) < 4.78 is 1.18. The van der Waals surface area contributed by atoms with Gasteiger partial charge in [-0.2, -0.15) is 5.26 Å². The van der Waals surface area contributed by atoms with Crippen LogP contribution in [0, 0.1) is 11.3 Å². The SMILES string of the molecule is N#Cc1ccc(C(=O)Nc2ccc3sccc3c2)nc1. The Kier molecular flexibility index (Phi) is 3.15. The number of nitrogens with zero attached hydrogens (tertiary/aromatic N) is 2. The predicted molar refractivity (Wildman–Crippen MR) is 78.7 cm³/mol. The largest absolute Gasteiger partial charge is 0.321 e. The first kappa shape index (κ1) is 12.3. The maximum Gasteiger partial charge on any atom is 0.274 e. The zero-order chi connectivity index (χ0) is 13.9. The fourth-order valence-corrected chi connectivity index (χ4v) is 2.60. The third-order valence-electron chi connectivity index (χ3n) is 2.84. The molecular weight excluding hydrogens is 270 g/mol. The van der Waals surface area contributed by atoms with Crippen molar-refractivity contribution in [3.05, 3.63) is 59.2 Å². The van der Waals surface area contributed by atoms with Gasteiger partial charge in [-0.25, -0.2) is 4.98 Å². The highest BCUT2D eigenvalue weighted by molar-refractivity contribution is 7.17. The summed E-state index contributed by atoms with van der Waals surface area (Å²) >= 11 is 1.66. The maximum absolute atomic E-state index is 12.0. The predicted octanol–water partition coefficient (Wildman–Crippen LogP) is 3.42. The van der Waals surface area contributed by atoms with Gasteiger partial charge in [-0.15, -0.1) is 11.3 Å². The molecule has 0 saturated carbocycles. The van der Waals surface area contributed by atoms with E-state index in [1.807, 2.05) is 35.7 Å². The van der Waals surface area contributed by atoms with E-state index in [0.29, 0.717) is 5.56 Å². The van der Waals surface area contributed by atoms with Gasteiger partial charge in [0.05, 0.1) is 5.56 Å². The summed E-state index contributed by atoms with van der Waals surface area (Å²) in [6, 6.07) is 12.8. The second-order valence-electron chi connectivity index (χ2n) is 4.17. The van der Waals surface area contributed by atoms with E-state index in [4.69, 9.17) is 5.26 Å². The van der Waals surface area contributed by atoms with Gasteiger partial charge in [0.1, 0.15) is 11.8 Å². The molecule has 0 unspecified atom stereocenters. The van der Waals surface area contributed by atoms with E-state index < -0.39 is 0 Å².